The van der Waals surface area contributed by atoms with Crippen LogP contribution in [0.3, 0.4) is 0 Å². The lowest BCUT2D eigenvalue weighted by Crippen LogP contribution is -2.49. The predicted molar refractivity (Wildman–Crippen MR) is 149 cm³/mol. The van der Waals surface area contributed by atoms with Crippen molar-refractivity contribution in [1.29, 1.82) is 0 Å². The van der Waals surface area contributed by atoms with Gasteiger partial charge in [0.05, 0.1) is 31.8 Å². The Balaban J connectivity index is 1.48. The number of fused-ring (bicyclic) bond motifs is 1. The lowest BCUT2D eigenvalue weighted by molar-refractivity contribution is -0.152. The van der Waals surface area contributed by atoms with E-state index < -0.39 is 24.7 Å². The molecule has 0 unspecified atom stereocenters. The number of hydrogen-bond donors (Lipinski definition) is 0. The van der Waals surface area contributed by atoms with Crippen molar-refractivity contribution in [2.75, 3.05) is 19.8 Å². The first-order valence-electron chi connectivity index (χ1n) is 13.5. The van der Waals surface area contributed by atoms with Gasteiger partial charge in [-0.2, -0.15) is 0 Å². The van der Waals surface area contributed by atoms with Crippen LogP contribution < -0.4 is 0 Å². The third-order valence-electron chi connectivity index (χ3n) is 9.18. The van der Waals surface area contributed by atoms with Crippen molar-refractivity contribution < 1.29 is 23.4 Å². The van der Waals surface area contributed by atoms with Crippen molar-refractivity contribution in [3.8, 4) is 0 Å². The maximum Gasteiger partial charge on any atom is 0.191 e. The zero-order valence-electron chi connectivity index (χ0n) is 23.6. The molecule has 0 bridgehead atoms. The minimum absolute atomic E-state index is 0.119. The molecule has 2 aromatic carbocycles. The molecular formula is C31H44O5Si. The Kier molecular flexibility index (Phi) is 7.91. The molecule has 4 atom stereocenters. The van der Waals surface area contributed by atoms with E-state index in [0.717, 1.165) is 11.1 Å². The van der Waals surface area contributed by atoms with E-state index in [4.69, 9.17) is 18.6 Å². The topological polar surface area (TPSA) is 57.3 Å². The molecule has 202 valence electrons. The molecule has 5 nitrogen and oxygen atoms in total. The van der Waals surface area contributed by atoms with E-state index in [1.165, 1.54) is 0 Å². The van der Waals surface area contributed by atoms with E-state index in [2.05, 4.69) is 52.9 Å². The molecule has 6 heteroatoms. The maximum atomic E-state index is 14.1. The van der Waals surface area contributed by atoms with Crippen LogP contribution in [0.5, 0.6) is 0 Å². The minimum atomic E-state index is -1.92. The highest BCUT2D eigenvalue weighted by molar-refractivity contribution is 6.74. The Morgan fingerprint density at radius 1 is 0.865 bits per heavy atom. The fraction of sp³-hybridized carbons (Fsp3) is 0.581. The quantitative estimate of drug-likeness (QED) is 0.232. The van der Waals surface area contributed by atoms with Gasteiger partial charge in [-0.1, -0.05) is 88.4 Å². The molecule has 1 aliphatic heterocycles. The number of epoxide rings is 1. The highest BCUT2D eigenvalue weighted by Gasteiger charge is 2.82. The van der Waals surface area contributed by atoms with Gasteiger partial charge in [0.2, 0.25) is 0 Å². The van der Waals surface area contributed by atoms with Gasteiger partial charge in [-0.3, -0.25) is 4.79 Å². The maximum absolute atomic E-state index is 14.1. The van der Waals surface area contributed by atoms with Gasteiger partial charge >= 0.3 is 0 Å². The Morgan fingerprint density at radius 3 is 1.89 bits per heavy atom. The van der Waals surface area contributed by atoms with E-state index in [1.807, 2.05) is 55.5 Å². The third kappa shape index (κ3) is 5.37. The Morgan fingerprint density at radius 2 is 1.38 bits per heavy atom. The molecule has 1 saturated heterocycles. The van der Waals surface area contributed by atoms with E-state index in [1.54, 1.807) is 0 Å². The normalized spacial score (nSPS) is 29.4. The second kappa shape index (κ2) is 10.4. The molecule has 0 aromatic heterocycles. The average Bonchev–Trinajstić information content (AvgIpc) is 3.57. The van der Waals surface area contributed by atoms with Crippen molar-refractivity contribution in [1.82, 2.24) is 0 Å². The van der Waals surface area contributed by atoms with Gasteiger partial charge < -0.3 is 18.6 Å². The second-order valence-corrected chi connectivity index (χ2v) is 17.6. The molecule has 1 aliphatic carbocycles. The largest absolute Gasteiger partial charge is 0.417 e. The van der Waals surface area contributed by atoms with Crippen molar-refractivity contribution in [2.24, 2.45) is 10.8 Å². The molecular weight excluding hydrogens is 480 g/mol. The highest BCUT2D eigenvalue weighted by Crippen LogP contribution is 2.67. The zero-order valence-corrected chi connectivity index (χ0v) is 24.6. The fourth-order valence-corrected chi connectivity index (χ4v) is 6.40. The number of carbonyl (C=O) groups is 1. The lowest BCUT2D eigenvalue weighted by Gasteiger charge is -2.41. The predicted octanol–water partition coefficient (Wildman–Crippen LogP) is 6.56. The molecule has 4 rings (SSSR count). The van der Waals surface area contributed by atoms with Crippen LogP contribution in [0, 0.1) is 10.8 Å². The Bertz CT molecular complexity index is 1070. The molecule has 2 fully saturated rings. The Labute approximate surface area is 224 Å². The summed E-state index contributed by atoms with van der Waals surface area (Å²) in [6, 6.07) is 20.2. The first-order valence-corrected chi connectivity index (χ1v) is 16.4. The highest BCUT2D eigenvalue weighted by atomic mass is 28.4. The first-order chi connectivity index (χ1) is 17.4. The number of ketones is 1. The van der Waals surface area contributed by atoms with Crippen LogP contribution in [-0.2, 0) is 36.6 Å². The summed E-state index contributed by atoms with van der Waals surface area (Å²) in [5.41, 5.74) is 0.170. The number of benzene rings is 2. The van der Waals surface area contributed by atoms with E-state index >= 15 is 0 Å². The van der Waals surface area contributed by atoms with E-state index in [9.17, 15) is 4.79 Å². The van der Waals surface area contributed by atoms with Crippen LogP contribution in [0.1, 0.15) is 52.2 Å². The number of hydrogen-bond acceptors (Lipinski definition) is 5. The van der Waals surface area contributed by atoms with Gasteiger partial charge in [-0.05, 0) is 36.2 Å². The van der Waals surface area contributed by atoms with Crippen molar-refractivity contribution in [3.05, 3.63) is 71.8 Å². The number of Topliss-reactive ketones (excluding diaryl/α,β-unsaturated/α-hetero) is 1. The molecule has 0 N–H and O–H groups in total. The molecule has 37 heavy (non-hydrogen) atoms. The second-order valence-electron chi connectivity index (χ2n) is 12.8. The monoisotopic (exact) mass is 524 g/mol. The average molecular weight is 525 g/mol. The molecule has 2 aromatic rings. The van der Waals surface area contributed by atoms with Crippen LogP contribution in [0.4, 0.5) is 0 Å². The number of carbonyl (C=O) groups excluding carboxylic acids is 1. The summed E-state index contributed by atoms with van der Waals surface area (Å²) in [7, 11) is -1.92. The van der Waals surface area contributed by atoms with Crippen LogP contribution in [0.2, 0.25) is 18.1 Å². The third-order valence-corrected chi connectivity index (χ3v) is 13.7. The summed E-state index contributed by atoms with van der Waals surface area (Å²) >= 11 is 0. The zero-order chi connectivity index (χ0) is 27.0. The van der Waals surface area contributed by atoms with Gasteiger partial charge in [-0.15, -0.1) is 0 Å². The van der Waals surface area contributed by atoms with Crippen molar-refractivity contribution in [3.63, 3.8) is 0 Å². The summed E-state index contributed by atoms with van der Waals surface area (Å²) in [6.45, 7) is 17.6. The summed E-state index contributed by atoms with van der Waals surface area (Å²) in [5.74, 6) is 0.128. The summed E-state index contributed by atoms with van der Waals surface area (Å²) in [5, 5.41) is 0.119. The SMILES string of the molecule is CC(C)(C)[Si](C)(C)OCC[C@@]12O[C@@H]1[C@@](C)(COCc1ccccc1)[C@@](C)(COCc1ccccc1)C2=O. The minimum Gasteiger partial charge on any atom is -0.417 e. The Hall–Kier alpha value is -1.83. The molecule has 1 saturated carbocycles. The smallest absolute Gasteiger partial charge is 0.191 e. The molecule has 0 radical (unpaired) electrons. The van der Waals surface area contributed by atoms with Gasteiger partial charge in [-0.25, -0.2) is 0 Å². The number of rotatable bonds is 12. The standard InChI is InChI=1S/C31H44O5Si/c1-28(2,3)37(6,7)35-19-18-31-26(32)29(4,22-33-20-24-14-10-8-11-15-24)30(5,27(31)36-31)23-34-21-25-16-12-9-13-17-25/h8-17,27H,18-23H2,1-7H3/t27-,29+,30-,31+/m1/s1. The molecule has 0 amide bonds. The lowest BCUT2D eigenvalue weighted by atomic mass is 9.67. The van der Waals surface area contributed by atoms with Crippen molar-refractivity contribution in [2.45, 2.75) is 84.1 Å². The summed E-state index contributed by atoms with van der Waals surface area (Å²) in [6.07, 6.45) is 0.377. The van der Waals surface area contributed by atoms with Crippen LogP contribution >= 0.6 is 0 Å². The van der Waals surface area contributed by atoms with Crippen LogP contribution in [0.25, 0.3) is 0 Å². The van der Waals surface area contributed by atoms with E-state index in [0.29, 0.717) is 39.5 Å². The fourth-order valence-electron chi connectivity index (χ4n) is 5.35. The molecule has 1 heterocycles. The van der Waals surface area contributed by atoms with Crippen LogP contribution in [0.15, 0.2) is 60.7 Å². The van der Waals surface area contributed by atoms with Gasteiger partial charge in [0.15, 0.2) is 19.7 Å². The van der Waals surface area contributed by atoms with Crippen LogP contribution in [-0.4, -0.2) is 45.6 Å². The molecule has 0 spiro atoms. The summed E-state index contributed by atoms with van der Waals surface area (Å²) < 4.78 is 25.2. The number of ether oxygens (including phenoxy) is 3. The van der Waals surface area contributed by atoms with Gasteiger partial charge in [0.25, 0.3) is 0 Å². The van der Waals surface area contributed by atoms with E-state index in [-0.39, 0.29) is 16.9 Å². The van der Waals surface area contributed by atoms with Gasteiger partial charge in [0.1, 0.15) is 6.10 Å². The van der Waals surface area contributed by atoms with Crippen molar-refractivity contribution >= 4 is 14.1 Å². The molecule has 2 aliphatic rings. The van der Waals surface area contributed by atoms with Gasteiger partial charge in [0, 0.05) is 18.4 Å². The summed E-state index contributed by atoms with van der Waals surface area (Å²) in [4.78, 5) is 14.1. The first kappa shape index (κ1) is 28.2.